The SMILES string of the molecule is Cc1nc2c([nH]1)CCc1c-2ccc2cc(-c3ccc4c(c3)c3nccnc3c3[nH]c(C)nc43)sc12. The predicted octanol–water partition coefficient (Wildman–Crippen LogP) is 6.65. The van der Waals surface area contributed by atoms with Gasteiger partial charge < -0.3 is 9.97 Å². The van der Waals surface area contributed by atoms with Gasteiger partial charge in [0, 0.05) is 44.0 Å². The van der Waals surface area contributed by atoms with E-state index in [-0.39, 0.29) is 0 Å². The van der Waals surface area contributed by atoms with Gasteiger partial charge in [-0.05, 0) is 55.3 Å². The number of nitrogens with one attached hydrogen (secondary N) is 2. The molecule has 1 aliphatic rings. The van der Waals surface area contributed by atoms with Crippen LogP contribution in [0.1, 0.15) is 22.9 Å². The van der Waals surface area contributed by atoms with Crippen molar-refractivity contribution in [2.45, 2.75) is 26.7 Å². The molecule has 7 aromatic rings. The van der Waals surface area contributed by atoms with Crippen LogP contribution < -0.4 is 0 Å². The zero-order chi connectivity index (χ0) is 23.3. The maximum Gasteiger partial charge on any atom is 0.115 e. The summed E-state index contributed by atoms with van der Waals surface area (Å²) < 4.78 is 1.37. The highest BCUT2D eigenvalue weighted by Crippen LogP contribution is 2.43. The third-order valence-electron chi connectivity index (χ3n) is 7.14. The summed E-state index contributed by atoms with van der Waals surface area (Å²) >= 11 is 1.87. The van der Waals surface area contributed by atoms with E-state index in [4.69, 9.17) is 15.0 Å². The van der Waals surface area contributed by atoms with E-state index in [2.05, 4.69) is 51.4 Å². The molecule has 3 aromatic carbocycles. The fraction of sp³-hybridized carbons (Fsp3) is 0.143. The van der Waals surface area contributed by atoms with Crippen molar-refractivity contribution in [3.05, 3.63) is 71.7 Å². The van der Waals surface area contributed by atoms with Gasteiger partial charge in [0.25, 0.3) is 0 Å². The molecule has 6 nitrogen and oxygen atoms in total. The smallest absolute Gasteiger partial charge is 0.115 e. The van der Waals surface area contributed by atoms with Gasteiger partial charge in [0.1, 0.15) is 17.2 Å². The molecule has 0 radical (unpaired) electrons. The van der Waals surface area contributed by atoms with E-state index in [0.29, 0.717) is 0 Å². The monoisotopic (exact) mass is 472 g/mol. The number of aromatic amines is 2. The fourth-order valence-electron chi connectivity index (χ4n) is 5.64. The molecule has 0 saturated heterocycles. The van der Waals surface area contributed by atoms with Gasteiger partial charge in [-0.15, -0.1) is 11.3 Å². The number of fused-ring (bicyclic) bond motifs is 11. The Hall–Kier alpha value is -4.10. The molecule has 0 saturated carbocycles. The Bertz CT molecular complexity index is 1990. The first-order valence-corrected chi connectivity index (χ1v) is 12.6. The van der Waals surface area contributed by atoms with Crippen molar-refractivity contribution in [1.29, 1.82) is 0 Å². The molecule has 0 spiro atoms. The summed E-state index contributed by atoms with van der Waals surface area (Å²) in [5.41, 5.74) is 9.93. The van der Waals surface area contributed by atoms with Gasteiger partial charge in [-0.3, -0.25) is 9.97 Å². The summed E-state index contributed by atoms with van der Waals surface area (Å²) in [6.07, 6.45) is 5.56. The third-order valence-corrected chi connectivity index (χ3v) is 8.40. The number of H-pyrrole nitrogens is 2. The van der Waals surface area contributed by atoms with Gasteiger partial charge in [0.2, 0.25) is 0 Å². The van der Waals surface area contributed by atoms with Crippen molar-refractivity contribution in [2.75, 3.05) is 0 Å². The second-order valence-electron chi connectivity index (χ2n) is 9.33. The van der Waals surface area contributed by atoms with E-state index < -0.39 is 0 Å². The Morgan fingerprint density at radius 3 is 2.57 bits per heavy atom. The molecule has 0 aliphatic heterocycles. The first-order chi connectivity index (χ1) is 17.1. The number of imidazole rings is 2. The van der Waals surface area contributed by atoms with Crippen molar-refractivity contribution in [2.24, 2.45) is 0 Å². The second-order valence-corrected chi connectivity index (χ2v) is 10.4. The maximum atomic E-state index is 4.78. The molecule has 4 aromatic heterocycles. The van der Waals surface area contributed by atoms with Crippen molar-refractivity contribution in [3.8, 4) is 21.7 Å². The largest absolute Gasteiger partial charge is 0.346 e. The molecule has 0 fully saturated rings. The van der Waals surface area contributed by atoms with Crippen molar-refractivity contribution >= 4 is 54.3 Å². The van der Waals surface area contributed by atoms with Gasteiger partial charge in [-0.25, -0.2) is 9.97 Å². The van der Waals surface area contributed by atoms with Gasteiger partial charge in [-0.2, -0.15) is 0 Å². The molecule has 168 valence electrons. The minimum atomic E-state index is 0.864. The van der Waals surface area contributed by atoms with Crippen molar-refractivity contribution in [3.63, 3.8) is 0 Å². The van der Waals surface area contributed by atoms with Crippen LogP contribution >= 0.6 is 11.3 Å². The summed E-state index contributed by atoms with van der Waals surface area (Å²) in [5, 5.41) is 3.48. The Morgan fingerprint density at radius 2 is 1.66 bits per heavy atom. The lowest BCUT2D eigenvalue weighted by atomic mass is 9.91. The summed E-state index contributed by atoms with van der Waals surface area (Å²) in [5.74, 6) is 1.87. The molecular weight excluding hydrogens is 452 g/mol. The van der Waals surface area contributed by atoms with E-state index in [0.717, 1.165) is 63.0 Å². The highest BCUT2D eigenvalue weighted by atomic mass is 32.1. The summed E-state index contributed by atoms with van der Waals surface area (Å²) in [4.78, 5) is 27.0. The van der Waals surface area contributed by atoms with Gasteiger partial charge in [0.15, 0.2) is 0 Å². The topological polar surface area (TPSA) is 83.1 Å². The number of benzene rings is 3. The average Bonchev–Trinajstić information content (AvgIpc) is 3.59. The van der Waals surface area contributed by atoms with Crippen LogP contribution in [0.5, 0.6) is 0 Å². The van der Waals surface area contributed by atoms with Gasteiger partial charge in [0.05, 0.1) is 22.2 Å². The first-order valence-electron chi connectivity index (χ1n) is 11.8. The summed E-state index contributed by atoms with van der Waals surface area (Å²) in [7, 11) is 0. The number of aryl methyl sites for hydroxylation is 4. The van der Waals surface area contributed by atoms with Crippen molar-refractivity contribution < 1.29 is 0 Å². The van der Waals surface area contributed by atoms with Gasteiger partial charge in [-0.1, -0.05) is 24.3 Å². The molecule has 1 aliphatic carbocycles. The number of thiophene rings is 1. The molecule has 0 bridgehead atoms. The number of rotatable bonds is 1. The Morgan fingerprint density at radius 1 is 0.800 bits per heavy atom. The number of aromatic nitrogens is 6. The summed E-state index contributed by atoms with van der Waals surface area (Å²) in [6.45, 7) is 4.01. The van der Waals surface area contributed by atoms with Gasteiger partial charge >= 0.3 is 0 Å². The molecule has 0 amide bonds. The van der Waals surface area contributed by atoms with Crippen LogP contribution in [-0.2, 0) is 12.8 Å². The minimum absolute atomic E-state index is 0.864. The van der Waals surface area contributed by atoms with E-state index >= 15 is 0 Å². The van der Waals surface area contributed by atoms with E-state index in [9.17, 15) is 0 Å². The Kier molecular flexibility index (Phi) is 3.70. The zero-order valence-electron chi connectivity index (χ0n) is 19.2. The highest BCUT2D eigenvalue weighted by molar-refractivity contribution is 7.22. The van der Waals surface area contributed by atoms with Crippen LogP contribution in [0.4, 0.5) is 0 Å². The minimum Gasteiger partial charge on any atom is -0.346 e. The highest BCUT2D eigenvalue weighted by Gasteiger charge is 2.23. The molecule has 2 N–H and O–H groups in total. The zero-order valence-corrected chi connectivity index (χ0v) is 20.0. The van der Waals surface area contributed by atoms with Crippen molar-refractivity contribution in [1.82, 2.24) is 29.9 Å². The molecular formula is C28H20N6S. The Balaban J connectivity index is 1.36. The lowest BCUT2D eigenvalue weighted by Gasteiger charge is -2.15. The third kappa shape index (κ3) is 2.64. The number of hydrogen-bond donors (Lipinski definition) is 2. The summed E-state index contributed by atoms with van der Waals surface area (Å²) in [6, 6.07) is 13.4. The van der Waals surface area contributed by atoms with Crippen LogP contribution in [0.15, 0.2) is 48.8 Å². The molecule has 35 heavy (non-hydrogen) atoms. The number of nitrogens with zero attached hydrogens (tertiary/aromatic N) is 4. The standard InChI is InChI=1S/C28H20N6S/c1-13-31-21-8-7-19-17(23(21)32-13)6-4-16-12-22(35-28(16)19)15-3-5-18-20(11-15)24-26(30-10-9-29-24)27-25(18)33-14(2)34-27/h3-6,9-12H,7-8H2,1-2H3,(H,31,32)(H,33,34). The predicted molar refractivity (Wildman–Crippen MR) is 142 cm³/mol. The molecule has 0 atom stereocenters. The normalized spacial score (nSPS) is 13.2. The van der Waals surface area contributed by atoms with Crippen LogP contribution in [-0.4, -0.2) is 29.9 Å². The molecule has 7 heteroatoms. The molecule has 8 rings (SSSR count). The first kappa shape index (κ1) is 19.2. The van der Waals surface area contributed by atoms with Crippen LogP contribution in [0.25, 0.3) is 64.6 Å². The fourth-order valence-corrected chi connectivity index (χ4v) is 6.87. The Labute approximate surface area is 204 Å². The van der Waals surface area contributed by atoms with E-state index in [1.165, 1.54) is 37.3 Å². The van der Waals surface area contributed by atoms with E-state index in [1.54, 1.807) is 12.4 Å². The van der Waals surface area contributed by atoms with Crippen LogP contribution in [0.2, 0.25) is 0 Å². The second kappa shape index (κ2) is 6.73. The van der Waals surface area contributed by atoms with Crippen LogP contribution in [0.3, 0.4) is 0 Å². The molecule has 0 unspecified atom stereocenters. The lowest BCUT2D eigenvalue weighted by molar-refractivity contribution is 0.913. The van der Waals surface area contributed by atoms with E-state index in [1.807, 2.05) is 25.2 Å². The number of hydrogen-bond acceptors (Lipinski definition) is 5. The average molecular weight is 473 g/mol. The molecule has 4 heterocycles. The quantitative estimate of drug-likeness (QED) is 0.262. The lowest BCUT2D eigenvalue weighted by Crippen LogP contribution is -2.03. The maximum absolute atomic E-state index is 4.78. The van der Waals surface area contributed by atoms with Crippen LogP contribution in [0, 0.1) is 13.8 Å².